The number of rotatable bonds is 3. The van der Waals surface area contributed by atoms with E-state index in [1.807, 2.05) is 0 Å². The van der Waals surface area contributed by atoms with Gasteiger partial charge in [0.25, 0.3) is 11.1 Å². The second-order valence-corrected chi connectivity index (χ2v) is 6.57. The number of thioether (sulfide) groups is 1. The lowest BCUT2D eigenvalue weighted by atomic mass is 10.2. The minimum absolute atomic E-state index is 0.167. The van der Waals surface area contributed by atoms with Crippen molar-refractivity contribution >= 4 is 40.6 Å². The average molecular weight is 362 g/mol. The van der Waals surface area contributed by atoms with Gasteiger partial charge >= 0.3 is 0 Å². The summed E-state index contributed by atoms with van der Waals surface area (Å²) in [5.41, 5.74) is 1.31. The molecule has 1 aliphatic rings. The molecule has 0 spiro atoms. The summed E-state index contributed by atoms with van der Waals surface area (Å²) in [7, 11) is 0. The zero-order chi connectivity index (χ0) is 17.3. The Labute approximate surface area is 147 Å². The molecule has 24 heavy (non-hydrogen) atoms. The molecule has 2 amide bonds. The summed E-state index contributed by atoms with van der Waals surface area (Å²) in [4.78, 5) is 25.9. The molecule has 1 fully saturated rings. The van der Waals surface area contributed by atoms with Crippen molar-refractivity contribution in [1.82, 2.24) is 4.90 Å². The highest BCUT2D eigenvalue weighted by atomic mass is 35.5. The van der Waals surface area contributed by atoms with Crippen LogP contribution < -0.4 is 0 Å². The van der Waals surface area contributed by atoms with Crippen molar-refractivity contribution in [3.05, 3.63) is 63.5 Å². The number of carbonyl (C=O) groups excluding carboxylic acids is 2. The third kappa shape index (κ3) is 3.39. The second-order valence-electron chi connectivity index (χ2n) is 5.14. The van der Waals surface area contributed by atoms with Gasteiger partial charge in [0.1, 0.15) is 0 Å². The molecule has 0 aliphatic carbocycles. The first-order chi connectivity index (χ1) is 11.4. The first-order valence-electron chi connectivity index (χ1n) is 6.96. The van der Waals surface area contributed by atoms with Gasteiger partial charge in [-0.2, -0.15) is 0 Å². The van der Waals surface area contributed by atoms with Gasteiger partial charge in [-0.1, -0.05) is 29.8 Å². The molecular formula is C17H12ClNO4S. The number of amides is 2. The van der Waals surface area contributed by atoms with Gasteiger partial charge in [0.2, 0.25) is 0 Å². The maximum atomic E-state index is 12.4. The van der Waals surface area contributed by atoms with Gasteiger partial charge in [-0.3, -0.25) is 14.5 Å². The Hall–Kier alpha value is -2.44. The van der Waals surface area contributed by atoms with Crippen molar-refractivity contribution in [2.45, 2.75) is 6.54 Å². The highest BCUT2D eigenvalue weighted by Crippen LogP contribution is 2.34. The second kappa shape index (κ2) is 6.59. The number of carbonyl (C=O) groups is 2. The number of nitrogens with zero attached hydrogens (tertiary/aromatic N) is 1. The van der Waals surface area contributed by atoms with Gasteiger partial charge in [0.05, 0.1) is 11.4 Å². The SMILES string of the molecule is O=C1SC(=Cc2ccc(O)c(O)c2)C(=O)N1Cc1ccc(Cl)cc1. The van der Waals surface area contributed by atoms with Gasteiger partial charge in [-0.25, -0.2) is 0 Å². The normalized spacial score (nSPS) is 16.2. The van der Waals surface area contributed by atoms with Crippen LogP contribution in [0.1, 0.15) is 11.1 Å². The van der Waals surface area contributed by atoms with Crippen molar-refractivity contribution < 1.29 is 19.8 Å². The Morgan fingerprint density at radius 1 is 1.04 bits per heavy atom. The van der Waals surface area contributed by atoms with Crippen molar-refractivity contribution in [3.8, 4) is 11.5 Å². The quantitative estimate of drug-likeness (QED) is 0.638. The van der Waals surface area contributed by atoms with E-state index in [1.54, 1.807) is 30.3 Å². The highest BCUT2D eigenvalue weighted by molar-refractivity contribution is 8.18. The molecule has 0 atom stereocenters. The van der Waals surface area contributed by atoms with Gasteiger partial charge in [0, 0.05) is 5.02 Å². The van der Waals surface area contributed by atoms with Crippen molar-refractivity contribution in [3.63, 3.8) is 0 Å². The van der Waals surface area contributed by atoms with Gasteiger partial charge in [-0.15, -0.1) is 0 Å². The molecule has 122 valence electrons. The van der Waals surface area contributed by atoms with Gasteiger partial charge < -0.3 is 10.2 Å². The van der Waals surface area contributed by atoms with Crippen LogP contribution in [0.3, 0.4) is 0 Å². The van der Waals surface area contributed by atoms with E-state index < -0.39 is 5.91 Å². The van der Waals surface area contributed by atoms with E-state index in [2.05, 4.69) is 0 Å². The van der Waals surface area contributed by atoms with Gasteiger partial charge in [0.15, 0.2) is 11.5 Å². The molecule has 1 saturated heterocycles. The number of halogens is 1. The molecule has 0 bridgehead atoms. The summed E-state index contributed by atoms with van der Waals surface area (Å²) >= 11 is 6.66. The lowest BCUT2D eigenvalue weighted by Gasteiger charge is -2.12. The Morgan fingerprint density at radius 3 is 2.42 bits per heavy atom. The van der Waals surface area contributed by atoms with Crippen LogP contribution in [0.4, 0.5) is 4.79 Å². The van der Waals surface area contributed by atoms with E-state index in [9.17, 15) is 19.8 Å². The number of phenols is 2. The van der Waals surface area contributed by atoms with Crippen LogP contribution in [-0.4, -0.2) is 26.3 Å². The third-order valence-electron chi connectivity index (χ3n) is 3.42. The Kier molecular flexibility index (Phi) is 4.51. The fraction of sp³-hybridized carbons (Fsp3) is 0.0588. The van der Waals surface area contributed by atoms with Crippen molar-refractivity contribution in [2.75, 3.05) is 0 Å². The van der Waals surface area contributed by atoms with Crippen molar-refractivity contribution in [2.24, 2.45) is 0 Å². The minimum atomic E-state index is -0.396. The van der Waals surface area contributed by atoms with Crippen molar-refractivity contribution in [1.29, 1.82) is 0 Å². The van der Waals surface area contributed by atoms with E-state index in [1.165, 1.54) is 18.2 Å². The van der Waals surface area contributed by atoms with E-state index in [-0.39, 0.29) is 28.2 Å². The Morgan fingerprint density at radius 2 is 1.75 bits per heavy atom. The summed E-state index contributed by atoms with van der Waals surface area (Å²) < 4.78 is 0. The molecule has 0 saturated carbocycles. The van der Waals surface area contributed by atoms with Crippen LogP contribution in [0.2, 0.25) is 5.02 Å². The van der Waals surface area contributed by atoms with E-state index in [4.69, 9.17) is 11.6 Å². The highest BCUT2D eigenvalue weighted by Gasteiger charge is 2.34. The summed E-state index contributed by atoms with van der Waals surface area (Å²) in [6, 6.07) is 11.1. The average Bonchev–Trinajstić information content (AvgIpc) is 2.80. The summed E-state index contributed by atoms with van der Waals surface area (Å²) in [6.45, 7) is 0.167. The zero-order valence-electron chi connectivity index (χ0n) is 12.3. The van der Waals surface area contributed by atoms with Crippen LogP contribution in [0.15, 0.2) is 47.4 Å². The molecule has 7 heteroatoms. The maximum absolute atomic E-state index is 12.4. The van der Waals surface area contributed by atoms with E-state index in [0.29, 0.717) is 10.6 Å². The first-order valence-corrected chi connectivity index (χ1v) is 8.15. The largest absolute Gasteiger partial charge is 0.504 e. The number of imide groups is 1. The topological polar surface area (TPSA) is 77.8 Å². The maximum Gasteiger partial charge on any atom is 0.293 e. The number of hydrogen-bond acceptors (Lipinski definition) is 5. The van der Waals surface area contributed by atoms with Crippen LogP contribution in [0, 0.1) is 0 Å². The molecule has 5 nitrogen and oxygen atoms in total. The molecule has 2 aromatic rings. The number of phenolic OH excluding ortho intramolecular Hbond substituents is 2. The van der Waals surface area contributed by atoms with E-state index in [0.717, 1.165) is 22.2 Å². The fourth-order valence-corrected chi connectivity index (χ4v) is 3.15. The molecule has 2 aromatic carbocycles. The summed E-state index contributed by atoms with van der Waals surface area (Å²) in [5, 5.41) is 19.0. The van der Waals surface area contributed by atoms with Crippen LogP contribution in [-0.2, 0) is 11.3 Å². The lowest BCUT2D eigenvalue weighted by Crippen LogP contribution is -2.27. The molecule has 3 rings (SSSR count). The molecule has 0 radical (unpaired) electrons. The van der Waals surface area contributed by atoms with Crippen LogP contribution >= 0.6 is 23.4 Å². The molecule has 1 aliphatic heterocycles. The lowest BCUT2D eigenvalue weighted by molar-refractivity contribution is -0.123. The smallest absolute Gasteiger partial charge is 0.293 e. The standard InChI is InChI=1S/C17H12ClNO4S/c18-12-4-1-10(2-5-12)9-19-16(22)15(24-17(19)23)8-11-3-6-13(20)14(21)7-11/h1-8,20-21H,9H2. The summed E-state index contributed by atoms with van der Waals surface area (Å²) in [6.07, 6.45) is 1.51. The predicted octanol–water partition coefficient (Wildman–Crippen LogP) is 3.99. The molecular weight excluding hydrogens is 350 g/mol. The molecule has 0 aromatic heterocycles. The third-order valence-corrected chi connectivity index (χ3v) is 4.58. The van der Waals surface area contributed by atoms with Crippen LogP contribution in [0.5, 0.6) is 11.5 Å². The molecule has 0 unspecified atom stereocenters. The Balaban J connectivity index is 1.81. The number of hydrogen-bond donors (Lipinski definition) is 2. The zero-order valence-corrected chi connectivity index (χ0v) is 13.8. The number of aromatic hydroxyl groups is 2. The Bertz CT molecular complexity index is 848. The molecule has 2 N–H and O–H groups in total. The number of benzene rings is 2. The molecule has 1 heterocycles. The first kappa shape index (κ1) is 16.4. The predicted molar refractivity (Wildman–Crippen MR) is 92.7 cm³/mol. The fourth-order valence-electron chi connectivity index (χ4n) is 2.19. The van der Waals surface area contributed by atoms with Gasteiger partial charge in [-0.05, 0) is 53.2 Å². The van der Waals surface area contributed by atoms with E-state index >= 15 is 0 Å². The monoisotopic (exact) mass is 361 g/mol. The van der Waals surface area contributed by atoms with Crippen LogP contribution in [0.25, 0.3) is 6.08 Å². The minimum Gasteiger partial charge on any atom is -0.504 e. The summed E-state index contributed by atoms with van der Waals surface area (Å²) in [5.74, 6) is -0.931.